The van der Waals surface area contributed by atoms with E-state index in [-0.39, 0.29) is 18.4 Å². The predicted molar refractivity (Wildman–Crippen MR) is 72.4 cm³/mol. The largest absolute Gasteiger partial charge is 0.389 e. The van der Waals surface area contributed by atoms with Crippen LogP contribution in [-0.2, 0) is 4.79 Å². The van der Waals surface area contributed by atoms with Gasteiger partial charge in [-0.15, -0.1) is 0 Å². The van der Waals surface area contributed by atoms with Crippen LogP contribution in [0, 0.1) is 0 Å². The molecule has 0 unspecified atom stereocenters. The van der Waals surface area contributed by atoms with Gasteiger partial charge in [0.2, 0.25) is 5.91 Å². The number of hydrogen-bond donors (Lipinski definition) is 1. The maximum atomic E-state index is 12.0. The van der Waals surface area contributed by atoms with Crippen molar-refractivity contribution in [2.24, 2.45) is 0 Å². The molecule has 1 aliphatic rings. The smallest absolute Gasteiger partial charge is 0.355 e. The summed E-state index contributed by atoms with van der Waals surface area (Å²) in [6.07, 6.45) is -2.27. The highest BCUT2D eigenvalue weighted by Gasteiger charge is 2.34. The zero-order valence-corrected chi connectivity index (χ0v) is 12.5. The fourth-order valence-electron chi connectivity index (χ4n) is 2.92. The van der Waals surface area contributed by atoms with Crippen LogP contribution in [0.2, 0.25) is 0 Å². The number of nitrogens with one attached hydrogen (secondary N) is 1. The van der Waals surface area contributed by atoms with Gasteiger partial charge in [-0.2, -0.15) is 13.2 Å². The molecule has 3 atom stereocenters. The molecule has 0 aromatic rings. The van der Waals surface area contributed by atoms with Gasteiger partial charge in [0.05, 0.1) is 6.04 Å². The Morgan fingerprint density at radius 3 is 2.30 bits per heavy atom. The second kappa shape index (κ2) is 7.29. The summed E-state index contributed by atoms with van der Waals surface area (Å²) >= 11 is 0. The third kappa shape index (κ3) is 5.31. The molecule has 1 amide bonds. The SMILES string of the molecule is C[C@@H]1CC[C@@H](C)N1[C@@H](C)C(=O)NCCCCC(F)(F)F. The van der Waals surface area contributed by atoms with E-state index in [2.05, 4.69) is 24.1 Å². The Morgan fingerprint density at radius 2 is 1.80 bits per heavy atom. The Morgan fingerprint density at radius 1 is 1.25 bits per heavy atom. The zero-order valence-electron chi connectivity index (χ0n) is 12.5. The first-order valence-electron chi connectivity index (χ1n) is 7.34. The minimum absolute atomic E-state index is 0.0642. The van der Waals surface area contributed by atoms with Crippen molar-refractivity contribution < 1.29 is 18.0 Å². The number of nitrogens with zero attached hydrogens (tertiary/aromatic N) is 1. The van der Waals surface area contributed by atoms with Crippen LogP contribution in [0.4, 0.5) is 13.2 Å². The molecule has 20 heavy (non-hydrogen) atoms. The summed E-state index contributed by atoms with van der Waals surface area (Å²) in [6, 6.07) is 0.553. The molecule has 0 bridgehead atoms. The minimum Gasteiger partial charge on any atom is -0.355 e. The summed E-state index contributed by atoms with van der Waals surface area (Å²) in [7, 11) is 0. The molecule has 1 heterocycles. The van der Waals surface area contributed by atoms with Crippen LogP contribution in [0.3, 0.4) is 0 Å². The van der Waals surface area contributed by atoms with Crippen molar-refractivity contribution in [2.45, 2.75) is 77.2 Å². The molecule has 0 spiro atoms. The number of carbonyl (C=O) groups is 1. The van der Waals surface area contributed by atoms with Gasteiger partial charge in [0.1, 0.15) is 0 Å². The molecule has 1 N–H and O–H groups in total. The summed E-state index contributed by atoms with van der Waals surface area (Å²) in [5.74, 6) is -0.0855. The summed E-state index contributed by atoms with van der Waals surface area (Å²) in [5.41, 5.74) is 0. The summed E-state index contributed by atoms with van der Waals surface area (Å²) in [4.78, 5) is 14.2. The minimum atomic E-state index is -4.10. The average molecular weight is 294 g/mol. The van der Waals surface area contributed by atoms with Gasteiger partial charge >= 0.3 is 6.18 Å². The van der Waals surface area contributed by atoms with Crippen LogP contribution in [0.15, 0.2) is 0 Å². The second-order valence-corrected chi connectivity index (χ2v) is 5.76. The number of amides is 1. The van der Waals surface area contributed by atoms with E-state index in [1.807, 2.05) is 6.92 Å². The van der Waals surface area contributed by atoms with Crippen molar-refractivity contribution >= 4 is 5.91 Å². The van der Waals surface area contributed by atoms with Gasteiger partial charge in [-0.3, -0.25) is 9.69 Å². The van der Waals surface area contributed by atoms with Gasteiger partial charge in [0.25, 0.3) is 0 Å². The fraction of sp³-hybridized carbons (Fsp3) is 0.929. The Balaban J connectivity index is 2.25. The van der Waals surface area contributed by atoms with E-state index in [1.54, 1.807) is 0 Å². The maximum absolute atomic E-state index is 12.0. The average Bonchev–Trinajstić information content (AvgIpc) is 2.66. The number of alkyl halides is 3. The molecule has 1 saturated heterocycles. The third-order valence-corrected chi connectivity index (χ3v) is 4.03. The van der Waals surface area contributed by atoms with Crippen molar-refractivity contribution in [3.05, 3.63) is 0 Å². The molecule has 0 saturated carbocycles. The van der Waals surface area contributed by atoms with Gasteiger partial charge in [0, 0.05) is 25.0 Å². The molecular formula is C14H25F3N2O. The van der Waals surface area contributed by atoms with E-state index in [1.165, 1.54) is 0 Å². The molecule has 0 aliphatic carbocycles. The Labute approximate surface area is 118 Å². The zero-order chi connectivity index (χ0) is 15.3. The highest BCUT2D eigenvalue weighted by molar-refractivity contribution is 5.81. The molecule has 1 fully saturated rings. The molecule has 1 aliphatic heterocycles. The van der Waals surface area contributed by atoms with E-state index in [0.717, 1.165) is 12.8 Å². The lowest BCUT2D eigenvalue weighted by Crippen LogP contribution is -2.49. The second-order valence-electron chi connectivity index (χ2n) is 5.76. The normalized spacial score (nSPS) is 25.7. The highest BCUT2D eigenvalue weighted by Crippen LogP contribution is 2.26. The molecule has 3 nitrogen and oxygen atoms in total. The number of hydrogen-bond acceptors (Lipinski definition) is 2. The lowest BCUT2D eigenvalue weighted by atomic mass is 10.2. The fourth-order valence-corrected chi connectivity index (χ4v) is 2.92. The van der Waals surface area contributed by atoms with Gasteiger partial charge in [0.15, 0.2) is 0 Å². The summed E-state index contributed by atoms with van der Waals surface area (Å²) < 4.78 is 35.9. The Bertz CT molecular complexity index is 310. The van der Waals surface area contributed by atoms with E-state index >= 15 is 0 Å². The highest BCUT2D eigenvalue weighted by atomic mass is 19.4. The standard InChI is InChI=1S/C14H25F3N2O/c1-10-6-7-11(2)19(10)12(3)13(20)18-9-5-4-8-14(15,16)17/h10-12H,4-9H2,1-3H3,(H,18,20)/t10-,11-,12+/m1/s1. The number of rotatable bonds is 6. The molecule has 1 rings (SSSR count). The van der Waals surface area contributed by atoms with Crippen molar-refractivity contribution in [3.8, 4) is 0 Å². The van der Waals surface area contributed by atoms with Gasteiger partial charge in [-0.25, -0.2) is 0 Å². The number of carbonyl (C=O) groups excluding carboxylic acids is 1. The Hall–Kier alpha value is -0.780. The van der Waals surface area contributed by atoms with Crippen LogP contribution in [0.1, 0.15) is 52.9 Å². The number of unbranched alkanes of at least 4 members (excludes halogenated alkanes) is 1. The van der Waals surface area contributed by atoms with E-state index in [9.17, 15) is 18.0 Å². The predicted octanol–water partition coefficient (Wildman–Crippen LogP) is 3.10. The van der Waals surface area contributed by atoms with Crippen LogP contribution in [0.25, 0.3) is 0 Å². The van der Waals surface area contributed by atoms with Crippen molar-refractivity contribution in [1.82, 2.24) is 10.2 Å². The first kappa shape index (κ1) is 17.3. The molecule has 0 aromatic carbocycles. The Kier molecular flexibility index (Phi) is 6.30. The van der Waals surface area contributed by atoms with Crippen LogP contribution in [-0.4, -0.2) is 41.7 Å². The molecular weight excluding hydrogens is 269 g/mol. The van der Waals surface area contributed by atoms with Crippen LogP contribution >= 0.6 is 0 Å². The van der Waals surface area contributed by atoms with Crippen molar-refractivity contribution in [2.75, 3.05) is 6.54 Å². The van der Waals surface area contributed by atoms with Gasteiger partial charge in [-0.05, 0) is 46.5 Å². The van der Waals surface area contributed by atoms with Crippen LogP contribution in [0.5, 0.6) is 0 Å². The monoisotopic (exact) mass is 294 g/mol. The lowest BCUT2D eigenvalue weighted by molar-refractivity contribution is -0.135. The summed E-state index contributed by atoms with van der Waals surface area (Å²) in [6.45, 7) is 6.40. The third-order valence-electron chi connectivity index (χ3n) is 4.03. The van der Waals surface area contributed by atoms with E-state index in [0.29, 0.717) is 25.0 Å². The van der Waals surface area contributed by atoms with Crippen molar-refractivity contribution in [1.29, 1.82) is 0 Å². The number of halogens is 3. The molecule has 6 heteroatoms. The van der Waals surface area contributed by atoms with Gasteiger partial charge in [-0.1, -0.05) is 0 Å². The number of likely N-dealkylation sites (tertiary alicyclic amines) is 1. The lowest BCUT2D eigenvalue weighted by Gasteiger charge is -2.31. The quantitative estimate of drug-likeness (QED) is 0.764. The van der Waals surface area contributed by atoms with E-state index < -0.39 is 12.6 Å². The first-order chi connectivity index (χ1) is 9.22. The molecule has 118 valence electrons. The first-order valence-corrected chi connectivity index (χ1v) is 7.34. The van der Waals surface area contributed by atoms with Crippen LogP contribution < -0.4 is 5.32 Å². The topological polar surface area (TPSA) is 32.3 Å². The van der Waals surface area contributed by atoms with Gasteiger partial charge < -0.3 is 5.32 Å². The molecule has 0 aromatic heterocycles. The molecule has 0 radical (unpaired) electrons. The van der Waals surface area contributed by atoms with E-state index in [4.69, 9.17) is 0 Å². The maximum Gasteiger partial charge on any atom is 0.389 e. The van der Waals surface area contributed by atoms with Crippen molar-refractivity contribution in [3.63, 3.8) is 0 Å². The summed E-state index contributed by atoms with van der Waals surface area (Å²) in [5, 5.41) is 2.74.